The van der Waals surface area contributed by atoms with Crippen molar-refractivity contribution >= 4 is 16.0 Å². The molecule has 0 spiro atoms. The quantitative estimate of drug-likeness (QED) is 0.817. The first-order valence-corrected chi connectivity index (χ1v) is 8.06. The van der Waals surface area contributed by atoms with Crippen molar-refractivity contribution in [3.8, 4) is 0 Å². The summed E-state index contributed by atoms with van der Waals surface area (Å²) in [6, 6.07) is 2.60. The first kappa shape index (κ1) is 17.6. The molecule has 1 aromatic rings. The monoisotopic (exact) mass is 317 g/mol. The minimum absolute atomic E-state index is 0.192. The van der Waals surface area contributed by atoms with Gasteiger partial charge in [-0.25, -0.2) is 22.3 Å². The number of sulfonamides is 1. The van der Waals surface area contributed by atoms with E-state index in [9.17, 15) is 17.6 Å². The number of carbonyl (C=O) groups is 1. The van der Waals surface area contributed by atoms with Crippen LogP contribution < -0.4 is 4.72 Å². The molecule has 0 amide bonds. The Morgan fingerprint density at radius 1 is 1.33 bits per heavy atom. The summed E-state index contributed by atoms with van der Waals surface area (Å²) in [7, 11) is -2.87. The number of carbonyl (C=O) groups excluding carboxylic acids is 1. The molecule has 118 valence electrons. The Balaban J connectivity index is 3.18. The zero-order chi connectivity index (χ0) is 16.2. The number of rotatable bonds is 6. The molecule has 5 nitrogen and oxygen atoms in total. The largest absolute Gasteiger partial charge is 0.465 e. The molecule has 0 saturated carbocycles. The van der Waals surface area contributed by atoms with Crippen molar-refractivity contribution in [3.63, 3.8) is 0 Å². The summed E-state index contributed by atoms with van der Waals surface area (Å²) in [5, 5.41) is 0. The number of ether oxygens (including phenoxy) is 1. The van der Waals surface area contributed by atoms with Crippen molar-refractivity contribution in [1.29, 1.82) is 0 Å². The van der Waals surface area contributed by atoms with Crippen molar-refractivity contribution in [3.05, 3.63) is 29.6 Å². The molecule has 1 unspecified atom stereocenters. The maximum atomic E-state index is 13.3. The minimum Gasteiger partial charge on any atom is -0.465 e. The highest BCUT2D eigenvalue weighted by molar-refractivity contribution is 7.89. The summed E-state index contributed by atoms with van der Waals surface area (Å²) in [5.41, 5.74) is -0.192. The summed E-state index contributed by atoms with van der Waals surface area (Å²) in [4.78, 5) is 11.2. The third kappa shape index (κ3) is 4.78. The normalized spacial score (nSPS) is 13.2. The van der Waals surface area contributed by atoms with Crippen LogP contribution in [0, 0.1) is 11.7 Å². The second-order valence-electron chi connectivity index (χ2n) is 5.28. The van der Waals surface area contributed by atoms with E-state index in [0.29, 0.717) is 12.3 Å². The maximum absolute atomic E-state index is 13.3. The van der Waals surface area contributed by atoms with E-state index in [2.05, 4.69) is 9.46 Å². The van der Waals surface area contributed by atoms with Crippen molar-refractivity contribution < 1.29 is 22.3 Å². The van der Waals surface area contributed by atoms with Gasteiger partial charge in [-0.15, -0.1) is 0 Å². The second-order valence-corrected chi connectivity index (χ2v) is 6.97. The molecule has 0 heterocycles. The molecule has 0 radical (unpaired) electrons. The van der Waals surface area contributed by atoms with Crippen molar-refractivity contribution in [2.24, 2.45) is 5.92 Å². The Morgan fingerprint density at radius 2 is 1.95 bits per heavy atom. The summed E-state index contributed by atoms with van der Waals surface area (Å²) in [5.74, 6) is -1.26. The smallest absolute Gasteiger partial charge is 0.339 e. The highest BCUT2D eigenvalue weighted by Gasteiger charge is 2.25. The minimum atomic E-state index is -4.00. The fraction of sp³-hybridized carbons (Fsp3) is 0.500. The molecule has 1 atom stereocenters. The molecule has 21 heavy (non-hydrogen) atoms. The van der Waals surface area contributed by atoms with Crippen molar-refractivity contribution in [2.75, 3.05) is 7.11 Å². The van der Waals surface area contributed by atoms with Crippen LogP contribution in [0.5, 0.6) is 0 Å². The number of benzene rings is 1. The van der Waals surface area contributed by atoms with E-state index < -0.39 is 26.7 Å². The zero-order valence-corrected chi connectivity index (χ0v) is 13.3. The predicted octanol–water partition coefficient (Wildman–Crippen LogP) is 2.33. The fourth-order valence-electron chi connectivity index (χ4n) is 2.08. The third-order valence-electron chi connectivity index (χ3n) is 2.82. The molecule has 0 bridgehead atoms. The molecular formula is C14H20FNO4S. The van der Waals surface area contributed by atoms with Gasteiger partial charge in [-0.2, -0.15) is 0 Å². The molecule has 0 aliphatic heterocycles. The third-order valence-corrected chi connectivity index (χ3v) is 4.45. The highest BCUT2D eigenvalue weighted by Crippen LogP contribution is 2.19. The Bertz CT molecular complexity index is 613. The molecule has 1 rings (SSSR count). The summed E-state index contributed by atoms with van der Waals surface area (Å²) in [6.45, 7) is 5.65. The van der Waals surface area contributed by atoms with Gasteiger partial charge in [0.2, 0.25) is 10.0 Å². The molecule has 0 fully saturated rings. The van der Waals surface area contributed by atoms with Gasteiger partial charge in [-0.1, -0.05) is 13.8 Å². The van der Waals surface area contributed by atoms with Gasteiger partial charge in [0.05, 0.1) is 17.6 Å². The van der Waals surface area contributed by atoms with Gasteiger partial charge < -0.3 is 4.74 Å². The number of hydrogen-bond donors (Lipinski definition) is 1. The Kier molecular flexibility index (Phi) is 5.86. The number of methoxy groups -OCH3 is 1. The first-order valence-electron chi connectivity index (χ1n) is 6.57. The van der Waals surface area contributed by atoms with E-state index in [4.69, 9.17) is 0 Å². The van der Waals surface area contributed by atoms with Crippen molar-refractivity contribution in [1.82, 2.24) is 4.72 Å². The Labute approximate surface area is 124 Å². The van der Waals surface area contributed by atoms with E-state index in [0.717, 1.165) is 25.3 Å². The zero-order valence-electron chi connectivity index (χ0n) is 12.5. The molecule has 7 heteroatoms. The van der Waals surface area contributed by atoms with E-state index in [1.165, 1.54) is 0 Å². The van der Waals surface area contributed by atoms with Crippen LogP contribution in [0.1, 0.15) is 37.6 Å². The molecule has 0 aromatic heterocycles. The standard InChI is InChI=1S/C14H20FNO4S/c1-9(2)7-10(3)16-21(18,19)13-8-11(15)5-6-12(13)14(17)20-4/h5-6,8-10,16H,7H2,1-4H3. The van der Waals surface area contributed by atoms with Crippen LogP contribution in [-0.2, 0) is 14.8 Å². The molecular weight excluding hydrogens is 297 g/mol. The summed E-state index contributed by atoms with van der Waals surface area (Å²) < 4.78 is 45.0. The van der Waals surface area contributed by atoms with Gasteiger partial charge in [0.25, 0.3) is 0 Å². The second kappa shape index (κ2) is 7.00. The summed E-state index contributed by atoms with van der Waals surface area (Å²) >= 11 is 0. The molecule has 0 aliphatic carbocycles. The fourth-order valence-corrected chi connectivity index (χ4v) is 3.54. The van der Waals surface area contributed by atoms with Crippen LogP contribution in [0.25, 0.3) is 0 Å². The van der Waals surface area contributed by atoms with Crippen LogP contribution in [0.15, 0.2) is 23.1 Å². The average Bonchev–Trinajstić information content (AvgIpc) is 2.36. The van der Waals surface area contributed by atoms with Crippen LogP contribution in [0.4, 0.5) is 4.39 Å². The molecule has 0 saturated heterocycles. The Morgan fingerprint density at radius 3 is 2.48 bits per heavy atom. The van der Waals surface area contributed by atoms with Crippen LogP contribution in [0.3, 0.4) is 0 Å². The van der Waals surface area contributed by atoms with Gasteiger partial charge in [0.15, 0.2) is 0 Å². The molecule has 0 aliphatic rings. The van der Waals surface area contributed by atoms with Gasteiger partial charge in [-0.05, 0) is 37.5 Å². The van der Waals surface area contributed by atoms with E-state index in [1.54, 1.807) is 6.92 Å². The highest BCUT2D eigenvalue weighted by atomic mass is 32.2. The molecule has 1 aromatic carbocycles. The predicted molar refractivity (Wildman–Crippen MR) is 77.0 cm³/mol. The number of hydrogen-bond acceptors (Lipinski definition) is 4. The van der Waals surface area contributed by atoms with Gasteiger partial charge in [0, 0.05) is 6.04 Å². The first-order chi connectivity index (χ1) is 9.67. The van der Waals surface area contributed by atoms with Crippen molar-refractivity contribution in [2.45, 2.75) is 38.1 Å². The lowest BCUT2D eigenvalue weighted by atomic mass is 10.1. The Hall–Kier alpha value is -1.47. The SMILES string of the molecule is COC(=O)c1ccc(F)cc1S(=O)(=O)NC(C)CC(C)C. The number of halogens is 1. The van der Waals surface area contributed by atoms with Crippen LogP contribution in [0.2, 0.25) is 0 Å². The maximum Gasteiger partial charge on any atom is 0.339 e. The lowest BCUT2D eigenvalue weighted by Gasteiger charge is -2.17. The van der Waals surface area contributed by atoms with Crippen LogP contribution >= 0.6 is 0 Å². The topological polar surface area (TPSA) is 72.5 Å². The van der Waals surface area contributed by atoms with Gasteiger partial charge in [-0.3, -0.25) is 0 Å². The van der Waals surface area contributed by atoms with E-state index in [1.807, 2.05) is 13.8 Å². The van der Waals surface area contributed by atoms with Crippen LogP contribution in [-0.4, -0.2) is 27.5 Å². The van der Waals surface area contributed by atoms with Gasteiger partial charge >= 0.3 is 5.97 Å². The number of esters is 1. The molecule has 1 N–H and O–H groups in total. The van der Waals surface area contributed by atoms with Gasteiger partial charge in [0.1, 0.15) is 5.82 Å². The lowest BCUT2D eigenvalue weighted by molar-refractivity contribution is 0.0596. The summed E-state index contributed by atoms with van der Waals surface area (Å²) in [6.07, 6.45) is 0.627. The van der Waals surface area contributed by atoms with E-state index >= 15 is 0 Å². The van der Waals surface area contributed by atoms with E-state index in [-0.39, 0.29) is 11.6 Å². The lowest BCUT2D eigenvalue weighted by Crippen LogP contribution is -2.34. The average molecular weight is 317 g/mol. The number of nitrogens with one attached hydrogen (secondary N) is 1.